The molecule has 1 aliphatic rings. The summed E-state index contributed by atoms with van der Waals surface area (Å²) in [6.07, 6.45) is 5.44. The van der Waals surface area contributed by atoms with E-state index in [2.05, 4.69) is 18.0 Å². The Morgan fingerprint density at radius 3 is 3.07 bits per heavy atom. The minimum atomic E-state index is 0.675. The van der Waals surface area contributed by atoms with Crippen molar-refractivity contribution in [3.63, 3.8) is 0 Å². The molecule has 2 aromatic rings. The smallest absolute Gasteiger partial charge is 0.155 e. The first-order chi connectivity index (χ1) is 6.88. The van der Waals surface area contributed by atoms with Crippen LogP contribution < -0.4 is 0 Å². The quantitative estimate of drug-likeness (QED) is 0.721. The van der Waals surface area contributed by atoms with Gasteiger partial charge >= 0.3 is 0 Å². The van der Waals surface area contributed by atoms with E-state index in [0.29, 0.717) is 5.92 Å². The van der Waals surface area contributed by atoms with Gasteiger partial charge in [-0.2, -0.15) is 0 Å². The summed E-state index contributed by atoms with van der Waals surface area (Å²) in [7, 11) is 0. The van der Waals surface area contributed by atoms with Crippen LogP contribution in [0.5, 0.6) is 0 Å². The third-order valence-electron chi connectivity index (χ3n) is 2.87. The molecule has 0 bridgehead atoms. The fourth-order valence-electron chi connectivity index (χ4n) is 1.86. The Bertz CT molecular complexity index is 468. The largest absolute Gasteiger partial charge is 0.459 e. The van der Waals surface area contributed by atoms with Crippen LogP contribution in [0.15, 0.2) is 22.7 Å². The molecule has 0 amide bonds. The summed E-state index contributed by atoms with van der Waals surface area (Å²) in [5.41, 5.74) is 3.28. The lowest BCUT2D eigenvalue weighted by molar-refractivity contribution is 0.549. The lowest BCUT2D eigenvalue weighted by atomic mass is 10.2. The summed E-state index contributed by atoms with van der Waals surface area (Å²) in [4.78, 5) is 4.33. The molecule has 1 fully saturated rings. The van der Waals surface area contributed by atoms with Crippen LogP contribution in [0, 0.1) is 0 Å². The number of pyridine rings is 1. The normalized spacial score (nSPS) is 16.4. The number of furan rings is 1. The van der Waals surface area contributed by atoms with Crippen LogP contribution in [0.3, 0.4) is 0 Å². The maximum Gasteiger partial charge on any atom is 0.155 e. The van der Waals surface area contributed by atoms with Crippen molar-refractivity contribution in [3.8, 4) is 0 Å². The molecule has 72 valence electrons. The number of hydrogen-bond acceptors (Lipinski definition) is 2. The lowest BCUT2D eigenvalue weighted by Gasteiger charge is -1.95. The van der Waals surface area contributed by atoms with Crippen molar-refractivity contribution >= 4 is 11.1 Å². The van der Waals surface area contributed by atoms with Crippen LogP contribution in [0.2, 0.25) is 0 Å². The molecule has 2 heterocycles. The second-order valence-corrected chi connectivity index (χ2v) is 3.96. The molecule has 0 aliphatic heterocycles. The fraction of sp³-hybridized carbons (Fsp3) is 0.417. The molecule has 2 aromatic heterocycles. The lowest BCUT2D eigenvalue weighted by Crippen LogP contribution is -1.81. The van der Waals surface area contributed by atoms with Gasteiger partial charge in [0.25, 0.3) is 0 Å². The highest BCUT2D eigenvalue weighted by atomic mass is 16.3. The van der Waals surface area contributed by atoms with Crippen molar-refractivity contribution in [2.75, 3.05) is 0 Å². The predicted molar refractivity (Wildman–Crippen MR) is 55.4 cm³/mol. The predicted octanol–water partition coefficient (Wildman–Crippen LogP) is 3.27. The molecule has 0 saturated heterocycles. The zero-order valence-corrected chi connectivity index (χ0v) is 8.29. The Balaban J connectivity index is 2.20. The van der Waals surface area contributed by atoms with Crippen molar-refractivity contribution in [2.24, 2.45) is 0 Å². The molecular weight excluding hydrogens is 174 g/mol. The summed E-state index contributed by atoms with van der Waals surface area (Å²) in [5.74, 6) is 1.81. The van der Waals surface area contributed by atoms with Crippen LogP contribution in [-0.2, 0) is 6.42 Å². The van der Waals surface area contributed by atoms with E-state index >= 15 is 0 Å². The Kier molecular flexibility index (Phi) is 1.63. The number of fused-ring (bicyclic) bond motifs is 1. The summed E-state index contributed by atoms with van der Waals surface area (Å²) < 4.78 is 5.85. The van der Waals surface area contributed by atoms with Crippen LogP contribution in [0.25, 0.3) is 11.1 Å². The minimum Gasteiger partial charge on any atom is -0.459 e. The van der Waals surface area contributed by atoms with Gasteiger partial charge in [-0.1, -0.05) is 6.92 Å². The van der Waals surface area contributed by atoms with Gasteiger partial charge < -0.3 is 4.42 Å². The van der Waals surface area contributed by atoms with Crippen molar-refractivity contribution in [1.82, 2.24) is 4.98 Å². The van der Waals surface area contributed by atoms with E-state index < -0.39 is 0 Å². The van der Waals surface area contributed by atoms with Gasteiger partial charge in [0.05, 0.1) is 0 Å². The molecule has 1 saturated carbocycles. The zero-order valence-electron chi connectivity index (χ0n) is 8.29. The average molecular weight is 187 g/mol. The standard InChI is InChI=1S/C12H13NO/c1-2-8-5-6-13-10-7-11(9-3-4-9)14-12(8)10/h5-7,9H,2-4H2,1H3. The van der Waals surface area contributed by atoms with E-state index in [4.69, 9.17) is 4.42 Å². The van der Waals surface area contributed by atoms with Crippen LogP contribution >= 0.6 is 0 Å². The first kappa shape index (κ1) is 8.04. The summed E-state index contributed by atoms with van der Waals surface area (Å²) >= 11 is 0. The summed E-state index contributed by atoms with van der Waals surface area (Å²) in [5, 5.41) is 0. The van der Waals surface area contributed by atoms with Crippen LogP contribution in [0.4, 0.5) is 0 Å². The van der Waals surface area contributed by atoms with Crippen molar-refractivity contribution in [2.45, 2.75) is 32.1 Å². The van der Waals surface area contributed by atoms with Crippen molar-refractivity contribution in [1.29, 1.82) is 0 Å². The average Bonchev–Trinajstić information content (AvgIpc) is 2.97. The van der Waals surface area contributed by atoms with Gasteiger partial charge in [0.1, 0.15) is 11.3 Å². The Morgan fingerprint density at radius 2 is 2.36 bits per heavy atom. The second-order valence-electron chi connectivity index (χ2n) is 3.96. The topological polar surface area (TPSA) is 26.0 Å². The van der Waals surface area contributed by atoms with Gasteiger partial charge in [-0.15, -0.1) is 0 Å². The van der Waals surface area contributed by atoms with E-state index in [1.165, 1.54) is 18.4 Å². The molecule has 0 N–H and O–H groups in total. The van der Waals surface area contributed by atoms with Gasteiger partial charge in [-0.05, 0) is 30.9 Å². The van der Waals surface area contributed by atoms with E-state index in [-0.39, 0.29) is 0 Å². The summed E-state index contributed by atoms with van der Waals surface area (Å²) in [6.45, 7) is 2.15. The molecule has 14 heavy (non-hydrogen) atoms. The van der Waals surface area contributed by atoms with Gasteiger partial charge in [0.2, 0.25) is 0 Å². The Labute approximate surface area is 82.9 Å². The third kappa shape index (κ3) is 1.14. The Morgan fingerprint density at radius 1 is 1.50 bits per heavy atom. The first-order valence-electron chi connectivity index (χ1n) is 5.26. The second kappa shape index (κ2) is 2.84. The number of rotatable bonds is 2. The van der Waals surface area contributed by atoms with E-state index in [1.807, 2.05) is 12.3 Å². The van der Waals surface area contributed by atoms with Gasteiger partial charge in [0, 0.05) is 18.2 Å². The zero-order chi connectivity index (χ0) is 9.54. The molecule has 0 atom stereocenters. The molecule has 0 aromatic carbocycles. The van der Waals surface area contributed by atoms with E-state index in [0.717, 1.165) is 23.3 Å². The highest BCUT2D eigenvalue weighted by Crippen LogP contribution is 2.42. The fourth-order valence-corrected chi connectivity index (χ4v) is 1.86. The monoisotopic (exact) mass is 187 g/mol. The van der Waals surface area contributed by atoms with E-state index in [9.17, 15) is 0 Å². The SMILES string of the molecule is CCc1ccnc2cc(C3CC3)oc12. The third-order valence-corrected chi connectivity index (χ3v) is 2.87. The summed E-state index contributed by atoms with van der Waals surface area (Å²) in [6, 6.07) is 4.15. The van der Waals surface area contributed by atoms with Gasteiger partial charge in [0.15, 0.2) is 5.58 Å². The van der Waals surface area contributed by atoms with Crippen molar-refractivity contribution < 1.29 is 4.42 Å². The molecule has 3 rings (SSSR count). The highest BCUT2D eigenvalue weighted by molar-refractivity contribution is 5.76. The maximum atomic E-state index is 5.85. The molecule has 0 radical (unpaired) electrons. The molecular formula is C12H13NO. The van der Waals surface area contributed by atoms with E-state index in [1.54, 1.807) is 0 Å². The highest BCUT2D eigenvalue weighted by Gasteiger charge is 2.27. The molecule has 0 unspecified atom stereocenters. The number of aryl methyl sites for hydroxylation is 1. The first-order valence-corrected chi connectivity index (χ1v) is 5.26. The number of nitrogens with zero attached hydrogens (tertiary/aromatic N) is 1. The maximum absolute atomic E-state index is 5.85. The molecule has 2 nitrogen and oxygen atoms in total. The molecule has 2 heteroatoms. The number of hydrogen-bond donors (Lipinski definition) is 0. The molecule has 1 aliphatic carbocycles. The van der Waals surface area contributed by atoms with Crippen LogP contribution in [-0.4, -0.2) is 4.98 Å². The minimum absolute atomic E-state index is 0.675. The van der Waals surface area contributed by atoms with Gasteiger partial charge in [-0.3, -0.25) is 4.98 Å². The van der Waals surface area contributed by atoms with Crippen LogP contribution in [0.1, 0.15) is 37.0 Å². The van der Waals surface area contributed by atoms with Crippen molar-refractivity contribution in [3.05, 3.63) is 29.7 Å². The number of aromatic nitrogens is 1. The molecule has 0 spiro atoms. The van der Waals surface area contributed by atoms with Gasteiger partial charge in [-0.25, -0.2) is 0 Å². The Hall–Kier alpha value is -1.31.